The van der Waals surface area contributed by atoms with Gasteiger partial charge in [-0.05, 0) is 60.4 Å². The first-order valence-corrected chi connectivity index (χ1v) is 7.90. The van der Waals surface area contributed by atoms with Crippen molar-refractivity contribution in [2.75, 3.05) is 0 Å². The van der Waals surface area contributed by atoms with Crippen molar-refractivity contribution in [2.45, 2.75) is 50.9 Å². The third-order valence-electron chi connectivity index (χ3n) is 4.98. The summed E-state index contributed by atoms with van der Waals surface area (Å²) < 4.78 is 0. The maximum absolute atomic E-state index is 4.75. The van der Waals surface area contributed by atoms with E-state index in [4.69, 9.17) is 4.98 Å². The Kier molecular flexibility index (Phi) is 2.70. The topological polar surface area (TPSA) is 12.9 Å². The van der Waals surface area contributed by atoms with E-state index in [2.05, 4.69) is 37.3 Å². The van der Waals surface area contributed by atoms with Gasteiger partial charge < -0.3 is 0 Å². The van der Waals surface area contributed by atoms with Crippen LogP contribution < -0.4 is 0 Å². The van der Waals surface area contributed by atoms with E-state index >= 15 is 0 Å². The van der Waals surface area contributed by atoms with Crippen LogP contribution in [0.3, 0.4) is 0 Å². The van der Waals surface area contributed by atoms with Gasteiger partial charge in [-0.25, -0.2) is 0 Å². The largest absolute Gasteiger partial charge is 0.260 e. The van der Waals surface area contributed by atoms with Gasteiger partial charge >= 0.3 is 0 Å². The zero-order valence-corrected chi connectivity index (χ0v) is 12.2. The van der Waals surface area contributed by atoms with Crippen LogP contribution in [0, 0.1) is 0 Å². The van der Waals surface area contributed by atoms with E-state index in [1.54, 1.807) is 11.1 Å². The Hall–Kier alpha value is -1.63. The molecule has 1 aromatic carbocycles. The maximum Gasteiger partial charge on any atom is 0.0541 e. The van der Waals surface area contributed by atoms with Crippen LogP contribution in [0.4, 0.5) is 0 Å². The quantitative estimate of drug-likeness (QED) is 0.791. The highest BCUT2D eigenvalue weighted by Crippen LogP contribution is 2.56. The van der Waals surface area contributed by atoms with Gasteiger partial charge in [0.15, 0.2) is 0 Å². The van der Waals surface area contributed by atoms with Crippen molar-refractivity contribution in [3.63, 3.8) is 0 Å². The Bertz CT molecular complexity index is 653. The van der Waals surface area contributed by atoms with Crippen molar-refractivity contribution in [1.29, 1.82) is 0 Å². The molecule has 0 radical (unpaired) electrons. The van der Waals surface area contributed by atoms with Crippen molar-refractivity contribution in [1.82, 2.24) is 4.98 Å². The molecule has 1 aromatic heterocycles. The molecular weight excluding hydrogens is 242 g/mol. The predicted octanol–water partition coefficient (Wildman–Crippen LogP) is 4.21. The van der Waals surface area contributed by atoms with E-state index in [0.29, 0.717) is 0 Å². The Morgan fingerprint density at radius 3 is 2.75 bits per heavy atom. The minimum absolute atomic E-state index is 0.257. The van der Waals surface area contributed by atoms with Gasteiger partial charge in [0.25, 0.3) is 0 Å². The fraction of sp³-hybridized carbons (Fsp3) is 0.421. The monoisotopic (exact) mass is 263 g/mol. The average Bonchev–Trinajstić information content (AvgIpc) is 3.28. The molecule has 1 heterocycles. The van der Waals surface area contributed by atoms with Gasteiger partial charge in [0.2, 0.25) is 0 Å². The fourth-order valence-electron chi connectivity index (χ4n) is 3.86. The SMILES string of the molecule is CCCc1ccc2c(c1)CCc1cccnc1C21CC1. The Balaban J connectivity index is 1.85. The average molecular weight is 263 g/mol. The summed E-state index contributed by atoms with van der Waals surface area (Å²) in [5, 5.41) is 0. The molecule has 0 bridgehead atoms. The lowest BCUT2D eigenvalue weighted by Gasteiger charge is -2.18. The molecule has 0 unspecified atom stereocenters. The molecule has 2 aromatic rings. The van der Waals surface area contributed by atoms with Crippen molar-refractivity contribution in [3.8, 4) is 0 Å². The van der Waals surface area contributed by atoms with E-state index in [1.807, 2.05) is 6.20 Å². The van der Waals surface area contributed by atoms with Crippen molar-refractivity contribution in [2.24, 2.45) is 0 Å². The third-order valence-corrected chi connectivity index (χ3v) is 4.98. The summed E-state index contributed by atoms with van der Waals surface area (Å²) in [4.78, 5) is 4.75. The zero-order valence-electron chi connectivity index (χ0n) is 12.2. The second-order valence-electron chi connectivity index (χ2n) is 6.33. The minimum atomic E-state index is 0.257. The number of rotatable bonds is 2. The van der Waals surface area contributed by atoms with Gasteiger partial charge in [0, 0.05) is 11.6 Å². The van der Waals surface area contributed by atoms with Gasteiger partial charge in [-0.3, -0.25) is 4.98 Å². The molecule has 20 heavy (non-hydrogen) atoms. The molecule has 1 fully saturated rings. The molecular formula is C19H21N. The Labute approximate surface area is 121 Å². The lowest BCUT2D eigenvalue weighted by atomic mass is 9.87. The molecule has 1 nitrogen and oxygen atoms in total. The summed E-state index contributed by atoms with van der Waals surface area (Å²) in [7, 11) is 0. The molecule has 2 aliphatic rings. The molecule has 0 saturated heterocycles. The summed E-state index contributed by atoms with van der Waals surface area (Å²) >= 11 is 0. The first-order chi connectivity index (χ1) is 9.83. The van der Waals surface area contributed by atoms with E-state index in [1.165, 1.54) is 48.9 Å². The fourth-order valence-corrected chi connectivity index (χ4v) is 3.86. The van der Waals surface area contributed by atoms with Gasteiger partial charge in [-0.15, -0.1) is 0 Å². The zero-order chi connectivity index (χ0) is 13.6. The lowest BCUT2D eigenvalue weighted by Crippen LogP contribution is -2.13. The number of aryl methyl sites for hydroxylation is 3. The summed E-state index contributed by atoms with van der Waals surface area (Å²) in [6, 6.07) is 11.6. The van der Waals surface area contributed by atoms with Crippen LogP contribution in [0.25, 0.3) is 0 Å². The number of hydrogen-bond donors (Lipinski definition) is 0. The molecule has 2 aliphatic carbocycles. The van der Waals surface area contributed by atoms with Gasteiger partial charge in [0.05, 0.1) is 5.69 Å². The molecule has 1 heteroatoms. The highest BCUT2D eigenvalue weighted by Gasteiger charge is 2.50. The molecule has 4 rings (SSSR count). The molecule has 0 atom stereocenters. The summed E-state index contributed by atoms with van der Waals surface area (Å²) in [5.74, 6) is 0. The highest BCUT2D eigenvalue weighted by molar-refractivity contribution is 5.52. The van der Waals surface area contributed by atoms with Gasteiger partial charge in [0.1, 0.15) is 0 Å². The van der Waals surface area contributed by atoms with E-state index in [0.717, 1.165) is 6.42 Å². The van der Waals surface area contributed by atoms with Crippen molar-refractivity contribution >= 4 is 0 Å². The number of fused-ring (bicyclic) bond motifs is 4. The first kappa shape index (κ1) is 12.1. The molecule has 1 saturated carbocycles. The third kappa shape index (κ3) is 1.72. The number of pyridine rings is 1. The van der Waals surface area contributed by atoms with Crippen LogP contribution in [-0.4, -0.2) is 4.98 Å². The number of benzene rings is 1. The number of aromatic nitrogens is 1. The molecule has 0 aliphatic heterocycles. The van der Waals surface area contributed by atoms with Crippen molar-refractivity contribution < 1.29 is 0 Å². The smallest absolute Gasteiger partial charge is 0.0541 e. The number of hydrogen-bond acceptors (Lipinski definition) is 1. The minimum Gasteiger partial charge on any atom is -0.260 e. The summed E-state index contributed by atoms with van der Waals surface area (Å²) in [6.45, 7) is 2.26. The Morgan fingerprint density at radius 2 is 1.95 bits per heavy atom. The van der Waals surface area contributed by atoms with Gasteiger partial charge in [-0.2, -0.15) is 0 Å². The first-order valence-electron chi connectivity index (χ1n) is 7.90. The van der Waals surface area contributed by atoms with Crippen LogP contribution in [0.15, 0.2) is 36.5 Å². The van der Waals surface area contributed by atoms with Crippen LogP contribution in [0.5, 0.6) is 0 Å². The van der Waals surface area contributed by atoms with Crippen LogP contribution in [0.1, 0.15) is 54.1 Å². The van der Waals surface area contributed by atoms with Crippen LogP contribution in [0.2, 0.25) is 0 Å². The second-order valence-corrected chi connectivity index (χ2v) is 6.33. The normalized spacial score (nSPS) is 18.2. The predicted molar refractivity (Wildman–Crippen MR) is 82.1 cm³/mol. The van der Waals surface area contributed by atoms with Crippen LogP contribution >= 0.6 is 0 Å². The maximum atomic E-state index is 4.75. The van der Waals surface area contributed by atoms with E-state index in [9.17, 15) is 0 Å². The van der Waals surface area contributed by atoms with Crippen LogP contribution in [-0.2, 0) is 24.7 Å². The molecule has 1 spiro atoms. The van der Waals surface area contributed by atoms with E-state index < -0.39 is 0 Å². The molecule has 102 valence electrons. The molecule has 0 amide bonds. The number of nitrogens with zero attached hydrogens (tertiary/aromatic N) is 1. The van der Waals surface area contributed by atoms with Crippen molar-refractivity contribution in [3.05, 3.63) is 64.5 Å². The molecule has 0 N–H and O–H groups in total. The highest BCUT2D eigenvalue weighted by atomic mass is 14.7. The standard InChI is InChI=1S/C19H21N/c1-2-4-14-6-9-17-16(13-14)8-7-15-5-3-12-20-18(15)19(17)10-11-19/h3,5-6,9,12-13H,2,4,7-8,10-11H2,1H3. The second kappa shape index (κ2) is 4.44. The summed E-state index contributed by atoms with van der Waals surface area (Å²) in [6.07, 6.45) is 9.27. The van der Waals surface area contributed by atoms with E-state index in [-0.39, 0.29) is 5.41 Å². The Morgan fingerprint density at radius 1 is 1.10 bits per heavy atom. The lowest BCUT2D eigenvalue weighted by molar-refractivity contribution is 0.792. The summed E-state index contributed by atoms with van der Waals surface area (Å²) in [5.41, 5.74) is 7.73. The van der Waals surface area contributed by atoms with Gasteiger partial charge in [-0.1, -0.05) is 37.6 Å².